The van der Waals surface area contributed by atoms with Crippen LogP contribution in [0.15, 0.2) is 180 Å². The van der Waals surface area contributed by atoms with Gasteiger partial charge in [0, 0.05) is 164 Å². The van der Waals surface area contributed by atoms with E-state index < -0.39 is 20.0 Å². The Morgan fingerprint density at radius 2 is 0.592 bits per heavy atom. The van der Waals surface area contributed by atoms with Gasteiger partial charge in [-0.05, 0) is 159 Å². The molecule has 147 heavy (non-hydrogen) atoms. The molecule has 40 nitrogen and oxygen atoms in total. The highest BCUT2D eigenvalue weighted by molar-refractivity contribution is 7.89. The maximum atomic E-state index is 12.9. The van der Waals surface area contributed by atoms with Crippen molar-refractivity contribution < 1.29 is 69.3 Å². The topological polar surface area (TPSA) is 510 Å². The van der Waals surface area contributed by atoms with Crippen LogP contribution in [0.2, 0.25) is 0 Å². The van der Waals surface area contributed by atoms with Gasteiger partial charge in [0.15, 0.2) is 28.7 Å². The molecule has 0 aliphatic carbocycles. The highest BCUT2D eigenvalue weighted by Crippen LogP contribution is 2.48. The Labute approximate surface area is 864 Å². The number of ether oxygens (including phenoxy) is 5. The first-order valence-corrected chi connectivity index (χ1v) is 53.1. The maximum absolute atomic E-state index is 12.9. The number of carbonyl (C=O) groups is 6. The number of amides is 6. The van der Waals surface area contributed by atoms with Crippen molar-refractivity contribution in [2.75, 3.05) is 127 Å². The molecule has 47 heteroatoms. The van der Waals surface area contributed by atoms with Gasteiger partial charge in [-0.15, -0.1) is 56.7 Å². The summed E-state index contributed by atoms with van der Waals surface area (Å²) in [7, 11) is 2.71. The number of sulfonamides is 2. The second-order valence-electron chi connectivity index (χ2n) is 35.2. The summed E-state index contributed by atoms with van der Waals surface area (Å²) >= 11 is 7.15. The van der Waals surface area contributed by atoms with Gasteiger partial charge < -0.3 is 90.7 Å². The van der Waals surface area contributed by atoms with Crippen molar-refractivity contribution in [2.24, 2.45) is 10.3 Å². The van der Waals surface area contributed by atoms with Crippen LogP contribution in [0.5, 0.6) is 28.7 Å². The fourth-order valence-corrected chi connectivity index (χ4v) is 22.9. The highest BCUT2D eigenvalue weighted by Gasteiger charge is 2.34. The van der Waals surface area contributed by atoms with Crippen molar-refractivity contribution in [3.8, 4) is 85.0 Å². The van der Waals surface area contributed by atoms with Gasteiger partial charge in [0.25, 0.3) is 29.5 Å². The fraction of sp³-hybridized carbons (Fsp3) is 0.240. The van der Waals surface area contributed by atoms with Crippen LogP contribution in [0.4, 0.5) is 63.9 Å². The zero-order valence-electron chi connectivity index (χ0n) is 81.2. The molecule has 7 aliphatic rings. The van der Waals surface area contributed by atoms with E-state index in [0.717, 1.165) is 119 Å². The van der Waals surface area contributed by atoms with Crippen LogP contribution >= 0.6 is 56.7 Å². The summed E-state index contributed by atoms with van der Waals surface area (Å²) in [5, 5.41) is 35.3. The van der Waals surface area contributed by atoms with Crippen molar-refractivity contribution in [3.63, 3.8) is 0 Å². The van der Waals surface area contributed by atoms with E-state index >= 15 is 0 Å². The summed E-state index contributed by atoms with van der Waals surface area (Å²) < 4.78 is 75.2. The lowest BCUT2D eigenvalue weighted by Gasteiger charge is -2.26. The fourth-order valence-electron chi connectivity index (χ4n) is 16.4. The third kappa shape index (κ3) is 23.9. The number of fused-ring (bicyclic) bond motifs is 15. The van der Waals surface area contributed by atoms with Crippen molar-refractivity contribution in [2.45, 2.75) is 77.4 Å². The minimum atomic E-state index is -3.83. The van der Waals surface area contributed by atoms with Crippen molar-refractivity contribution >= 4 is 176 Å². The van der Waals surface area contributed by atoms with Gasteiger partial charge in [-0.3, -0.25) is 28.8 Å². The Balaban J connectivity index is 0.000000120. The first-order valence-electron chi connectivity index (χ1n) is 45.9. The number of nitrogens with zero attached hydrogens (tertiary/aromatic N) is 15. The van der Waals surface area contributed by atoms with Crippen LogP contribution in [0, 0.1) is 27.7 Å². The minimum Gasteiger partial charge on any atom is -0.484 e. The van der Waals surface area contributed by atoms with Crippen LogP contribution in [-0.4, -0.2) is 221 Å². The van der Waals surface area contributed by atoms with E-state index in [1.807, 2.05) is 52.3 Å². The molecule has 15 aromatic rings. The first-order chi connectivity index (χ1) is 70.5. The number of nitrogens with one attached hydrogen (secondary N) is 8. The van der Waals surface area contributed by atoms with E-state index in [0.29, 0.717) is 152 Å². The van der Waals surface area contributed by atoms with Gasteiger partial charge in [-0.2, -0.15) is 0 Å². The van der Waals surface area contributed by atoms with E-state index in [-0.39, 0.29) is 57.1 Å². The molecular formula is C100H99N25O15S7. The summed E-state index contributed by atoms with van der Waals surface area (Å²) in [4.78, 5) is 135. The van der Waals surface area contributed by atoms with Gasteiger partial charge in [0.1, 0.15) is 61.5 Å². The number of carbonyl (C=O) groups excluding carboxylic acids is 6. The Morgan fingerprint density at radius 3 is 0.864 bits per heavy atom. The Kier molecular flexibility index (Phi) is 30.0. The number of hydrogen-bond acceptors (Lipinski definition) is 37. The zero-order chi connectivity index (χ0) is 103. The smallest absolute Gasteiger partial charge is 0.264 e. The molecule has 0 atom stereocenters. The van der Waals surface area contributed by atoms with Crippen LogP contribution in [0.25, 0.3) is 56.3 Å². The van der Waals surface area contributed by atoms with E-state index in [1.54, 1.807) is 119 Å². The summed E-state index contributed by atoms with van der Waals surface area (Å²) in [5.41, 5.74) is 16.7. The van der Waals surface area contributed by atoms with Gasteiger partial charge in [0.2, 0.25) is 55.7 Å². The number of benzene rings is 5. The van der Waals surface area contributed by atoms with Gasteiger partial charge in [0.05, 0.1) is 89.5 Å². The number of aromatic nitrogens is 10. The molecule has 7 aliphatic heterocycles. The van der Waals surface area contributed by atoms with Crippen molar-refractivity contribution in [1.29, 1.82) is 0 Å². The molecule has 0 saturated carbocycles. The third-order valence-corrected chi connectivity index (χ3v) is 30.5. The normalized spacial score (nSPS) is 13.4. The lowest BCUT2D eigenvalue weighted by Crippen LogP contribution is -2.46. The molecule has 0 spiro atoms. The second kappa shape index (κ2) is 43.5. The van der Waals surface area contributed by atoms with Gasteiger partial charge in [-0.1, -0.05) is 30.3 Å². The van der Waals surface area contributed by atoms with Gasteiger partial charge in [-0.25, -0.2) is 77.0 Å². The Morgan fingerprint density at radius 1 is 0.340 bits per heavy atom. The van der Waals surface area contributed by atoms with E-state index in [1.165, 1.54) is 115 Å². The first kappa shape index (κ1) is 102. The predicted molar refractivity (Wildman–Crippen MR) is 565 cm³/mol. The number of rotatable bonds is 18. The average Bonchev–Trinajstić information content (AvgIpc) is 1.67. The molecule has 10 aromatic heterocycles. The number of hydrogen-bond donors (Lipinski definition) is 10. The van der Waals surface area contributed by atoms with Crippen molar-refractivity contribution in [1.82, 2.24) is 85.0 Å². The zero-order valence-corrected chi connectivity index (χ0v) is 86.9. The molecule has 756 valence electrons. The van der Waals surface area contributed by atoms with Crippen LogP contribution < -0.4 is 76.5 Å². The van der Waals surface area contributed by atoms with E-state index in [2.05, 4.69) is 151 Å². The second-order valence-corrected chi connectivity index (χ2v) is 44.0. The Hall–Kier alpha value is -15.4. The largest absolute Gasteiger partial charge is 0.484 e. The number of piperazine rings is 2. The molecule has 22 rings (SSSR count). The summed E-state index contributed by atoms with van der Waals surface area (Å²) in [5.74, 6) is 4.65. The van der Waals surface area contributed by atoms with E-state index in [4.69, 9.17) is 38.9 Å². The molecular weight excluding hydrogens is 2020 g/mol. The number of primary sulfonamides is 2. The molecule has 12 N–H and O–H groups in total. The van der Waals surface area contributed by atoms with E-state index in [9.17, 15) is 45.6 Å². The monoisotopic (exact) mass is 2110 g/mol. The number of aryl methyl sites for hydroxylation is 4. The lowest BCUT2D eigenvalue weighted by atomic mass is 10.1. The number of anilines is 11. The number of thiophene rings is 5. The summed E-state index contributed by atoms with van der Waals surface area (Å²) in [6, 6.07) is 41.3. The maximum Gasteiger partial charge on any atom is 0.264 e. The van der Waals surface area contributed by atoms with Crippen LogP contribution in [0.1, 0.15) is 102 Å². The average molecular weight is 2120 g/mol. The predicted octanol–water partition coefficient (Wildman–Crippen LogP) is 14.9. The molecule has 6 amide bonds. The summed E-state index contributed by atoms with van der Waals surface area (Å²) in [6.07, 6.45) is 8.11. The molecule has 0 unspecified atom stereocenters. The lowest BCUT2D eigenvalue weighted by molar-refractivity contribution is -0.114. The molecule has 0 radical (unpaired) electrons. The van der Waals surface area contributed by atoms with Gasteiger partial charge >= 0.3 is 0 Å². The molecule has 5 aromatic carbocycles. The summed E-state index contributed by atoms with van der Waals surface area (Å²) in [6.45, 7) is 17.8. The Bertz CT molecular complexity index is 7870. The van der Waals surface area contributed by atoms with Crippen LogP contribution in [0.3, 0.4) is 0 Å². The molecule has 0 bridgehead atoms. The number of nitrogens with two attached hydrogens (primary N) is 2. The molecule has 2 fully saturated rings. The highest BCUT2D eigenvalue weighted by atomic mass is 32.2. The molecule has 17 heterocycles. The molecule has 2 saturated heterocycles. The van der Waals surface area contributed by atoms with Crippen molar-refractivity contribution in [3.05, 3.63) is 242 Å². The minimum absolute atomic E-state index is 0.0136. The standard InChI is InChI=1S/C22H23N5O2S.C20H20N6O4S2.C20H19N5O3S.C20H20N4O2S.C18H17N5O4S2/c1-13-7-14(2)9-15(8-13)25-22-24-11-17-20(26-22)16-10-18(30-19(16)12-29-17)21(28)27-5-3-23-4-6-27;21-32(28,29)13-3-1-2-12(8-13)24-20-23-10-15-18(25-20)14-9-16(31-17(14)11-30-15)19(27)26-6-4-22-5-7-26;1-11(26)22-12-5-4-6-13(7-12)23-20-21-9-15-18(24-20)14-8-16(19(27)25(2)3)29-17(14)10-28-15;1-11-5-12(2)7-13(6-11)22-20-21-9-15-18(23-20)14-8-16(19(25)24(3)4)27-17(14)10-26-15;1-23(2)17(24)14-7-12-15(28-14)9-27-13-8-20-18(22-16(12)13)21-10-4-3-5-11(6-10)29(19,25)26/h7-11,23H,3-6,12H2,1-2H3,(H,24,25,26);1-3,8-10,22H,4-7,11H2,(H2,21,28,29)(H,23,24,25);4-9H,10H2,1-3H3,(H,22,26)(H,21,23,24);5-9H,10H2,1-4H3,(H,21,22,23);3-8H,9H2,1-2H3,(H2,19,25,26)(H,20,21,22). The SMILES string of the molecule is CC(=O)Nc1cccc(Nc2ncc3c(n2)-c2cc(C(=O)N(C)C)sc2CO3)c1.CN(C)C(=O)c1cc2c(s1)COc1cnc(Nc3cccc(S(N)(=O)=O)c3)nc1-2.Cc1cc(C)cc(Nc2ncc3c(n2)-c2cc(C(=O)N(C)C)sc2CO3)c1.Cc1cc(C)cc(Nc2ncc3c(n2)-c2cc(C(=O)N4CCNCC4)sc2CO3)c1.NS(=O)(=O)c1cccc(Nc2ncc3c(n2)-c2cc(C(=O)N4CCNCC4)sc2CO3)c1. The van der Waals surface area contributed by atoms with Crippen LogP contribution in [-0.2, 0) is 57.9 Å². The quantitative estimate of drug-likeness (QED) is 0.0381. The third-order valence-electron chi connectivity index (χ3n) is 23.2.